The normalized spacial score (nSPS) is 10.0. The smallest absolute Gasteiger partial charge is 0.270 e. The summed E-state index contributed by atoms with van der Waals surface area (Å²) in [7, 11) is 0. The minimum absolute atomic E-state index is 0.0684. The Labute approximate surface area is 79.9 Å². The van der Waals surface area contributed by atoms with E-state index in [1.807, 2.05) is 0 Å². The first-order chi connectivity index (χ1) is 6.77. The van der Waals surface area contributed by atoms with Crippen LogP contribution in [0, 0.1) is 10.1 Å². The van der Waals surface area contributed by atoms with E-state index < -0.39 is 4.92 Å². The molecular formula is C10H7NO3. The molecule has 0 unspecified atom stereocenters. The zero-order valence-corrected chi connectivity index (χ0v) is 7.21. The Morgan fingerprint density at radius 2 is 2.07 bits per heavy atom. The van der Waals surface area contributed by atoms with Crippen LogP contribution in [0.25, 0.3) is 11.3 Å². The molecule has 0 aliphatic carbocycles. The Hall–Kier alpha value is -2.10. The number of hydrogen-bond donors (Lipinski definition) is 0. The molecule has 1 aromatic heterocycles. The fraction of sp³-hybridized carbons (Fsp3) is 0. The molecule has 0 atom stereocenters. The average molecular weight is 189 g/mol. The van der Waals surface area contributed by atoms with Crippen molar-refractivity contribution in [2.45, 2.75) is 0 Å². The highest BCUT2D eigenvalue weighted by Gasteiger charge is 2.07. The molecule has 0 saturated carbocycles. The third-order valence-electron chi connectivity index (χ3n) is 1.86. The van der Waals surface area contributed by atoms with Crippen molar-refractivity contribution in [1.29, 1.82) is 0 Å². The standard InChI is InChI=1S/C10H7NO3/c12-11(13)9-4-1-3-8(7-9)10-5-2-6-14-10/h1-7H. The van der Waals surface area contributed by atoms with Gasteiger partial charge < -0.3 is 4.42 Å². The molecule has 14 heavy (non-hydrogen) atoms. The molecule has 2 rings (SSSR count). The molecule has 0 N–H and O–H groups in total. The topological polar surface area (TPSA) is 56.3 Å². The van der Waals surface area contributed by atoms with Gasteiger partial charge in [0, 0.05) is 17.7 Å². The van der Waals surface area contributed by atoms with Crippen LogP contribution < -0.4 is 0 Å². The molecule has 70 valence electrons. The first-order valence-electron chi connectivity index (χ1n) is 4.06. The van der Waals surface area contributed by atoms with Gasteiger partial charge in [-0.1, -0.05) is 12.1 Å². The minimum atomic E-state index is -0.424. The molecule has 0 saturated heterocycles. The quantitative estimate of drug-likeness (QED) is 0.539. The largest absolute Gasteiger partial charge is 0.464 e. The highest BCUT2D eigenvalue weighted by Crippen LogP contribution is 2.23. The van der Waals surface area contributed by atoms with Crippen LogP contribution in [0.2, 0.25) is 0 Å². The van der Waals surface area contributed by atoms with E-state index in [1.165, 1.54) is 18.4 Å². The van der Waals surface area contributed by atoms with Crippen molar-refractivity contribution in [1.82, 2.24) is 0 Å². The van der Waals surface area contributed by atoms with Gasteiger partial charge >= 0.3 is 0 Å². The molecule has 4 nitrogen and oxygen atoms in total. The van der Waals surface area contributed by atoms with Crippen molar-refractivity contribution in [3.63, 3.8) is 0 Å². The Kier molecular flexibility index (Phi) is 2.02. The fourth-order valence-corrected chi connectivity index (χ4v) is 1.22. The second-order valence-corrected chi connectivity index (χ2v) is 2.78. The van der Waals surface area contributed by atoms with E-state index in [0.29, 0.717) is 11.3 Å². The summed E-state index contributed by atoms with van der Waals surface area (Å²) in [5, 5.41) is 10.5. The van der Waals surface area contributed by atoms with E-state index in [4.69, 9.17) is 4.42 Å². The van der Waals surface area contributed by atoms with Crippen LogP contribution in [0.15, 0.2) is 47.1 Å². The highest BCUT2D eigenvalue weighted by atomic mass is 16.6. The van der Waals surface area contributed by atoms with Crippen LogP contribution in [-0.2, 0) is 0 Å². The summed E-state index contributed by atoms with van der Waals surface area (Å²) in [6, 6.07) is 9.85. The lowest BCUT2D eigenvalue weighted by Crippen LogP contribution is -1.87. The predicted octanol–water partition coefficient (Wildman–Crippen LogP) is 2.85. The summed E-state index contributed by atoms with van der Waals surface area (Å²) in [4.78, 5) is 10.1. The van der Waals surface area contributed by atoms with Gasteiger partial charge in [0.15, 0.2) is 0 Å². The van der Waals surface area contributed by atoms with Gasteiger partial charge in [0.1, 0.15) is 5.76 Å². The number of non-ortho nitro benzene ring substituents is 1. The van der Waals surface area contributed by atoms with Crippen molar-refractivity contribution >= 4 is 5.69 Å². The number of rotatable bonds is 2. The van der Waals surface area contributed by atoms with Gasteiger partial charge in [-0.15, -0.1) is 0 Å². The Morgan fingerprint density at radius 3 is 2.71 bits per heavy atom. The van der Waals surface area contributed by atoms with E-state index in [2.05, 4.69) is 0 Å². The summed E-state index contributed by atoms with van der Waals surface area (Å²) < 4.78 is 5.13. The maximum atomic E-state index is 10.5. The number of nitro groups is 1. The van der Waals surface area contributed by atoms with Gasteiger partial charge in [0.2, 0.25) is 0 Å². The minimum Gasteiger partial charge on any atom is -0.464 e. The lowest BCUT2D eigenvalue weighted by Gasteiger charge is -1.95. The van der Waals surface area contributed by atoms with Crippen molar-refractivity contribution in [3.05, 3.63) is 52.8 Å². The summed E-state index contributed by atoms with van der Waals surface area (Å²) >= 11 is 0. The molecule has 0 amide bonds. The van der Waals surface area contributed by atoms with E-state index >= 15 is 0 Å². The molecular weight excluding hydrogens is 182 g/mol. The molecule has 4 heteroatoms. The highest BCUT2D eigenvalue weighted by molar-refractivity contribution is 5.60. The van der Waals surface area contributed by atoms with E-state index in [1.54, 1.807) is 24.3 Å². The number of furan rings is 1. The van der Waals surface area contributed by atoms with Crippen LogP contribution in [0.1, 0.15) is 0 Å². The summed E-state index contributed by atoms with van der Waals surface area (Å²) in [6.45, 7) is 0. The monoisotopic (exact) mass is 189 g/mol. The van der Waals surface area contributed by atoms with Crippen LogP contribution in [0.4, 0.5) is 5.69 Å². The van der Waals surface area contributed by atoms with Crippen LogP contribution in [0.5, 0.6) is 0 Å². The molecule has 2 aromatic rings. The molecule has 0 spiro atoms. The maximum Gasteiger partial charge on any atom is 0.270 e. The van der Waals surface area contributed by atoms with E-state index in [0.717, 1.165) is 0 Å². The first kappa shape index (κ1) is 8.50. The lowest BCUT2D eigenvalue weighted by molar-refractivity contribution is -0.384. The summed E-state index contributed by atoms with van der Waals surface area (Å²) in [5.74, 6) is 0.633. The average Bonchev–Trinajstić information content (AvgIpc) is 2.71. The van der Waals surface area contributed by atoms with E-state index in [9.17, 15) is 10.1 Å². The molecule has 0 aliphatic heterocycles. The van der Waals surface area contributed by atoms with Crippen molar-refractivity contribution in [2.75, 3.05) is 0 Å². The SMILES string of the molecule is O=[N+]([O-])c1cccc(-c2ccco2)c1. The Bertz CT molecular complexity index is 448. The Balaban J connectivity index is 2.46. The lowest BCUT2D eigenvalue weighted by atomic mass is 10.1. The van der Waals surface area contributed by atoms with Crippen molar-refractivity contribution in [3.8, 4) is 11.3 Å². The number of benzene rings is 1. The van der Waals surface area contributed by atoms with Crippen LogP contribution in [-0.4, -0.2) is 4.92 Å². The summed E-state index contributed by atoms with van der Waals surface area (Å²) in [5.41, 5.74) is 0.781. The number of nitro benzene ring substituents is 1. The van der Waals surface area contributed by atoms with Crippen LogP contribution in [0.3, 0.4) is 0 Å². The van der Waals surface area contributed by atoms with Gasteiger partial charge in [-0.3, -0.25) is 10.1 Å². The van der Waals surface area contributed by atoms with Gasteiger partial charge in [0.05, 0.1) is 11.2 Å². The molecule has 0 aliphatic rings. The zero-order chi connectivity index (χ0) is 9.97. The zero-order valence-electron chi connectivity index (χ0n) is 7.21. The van der Waals surface area contributed by atoms with E-state index in [-0.39, 0.29) is 5.69 Å². The molecule has 1 aromatic carbocycles. The van der Waals surface area contributed by atoms with Gasteiger partial charge in [-0.2, -0.15) is 0 Å². The predicted molar refractivity (Wildman–Crippen MR) is 50.8 cm³/mol. The fourth-order valence-electron chi connectivity index (χ4n) is 1.22. The van der Waals surface area contributed by atoms with Gasteiger partial charge in [-0.25, -0.2) is 0 Å². The Morgan fingerprint density at radius 1 is 1.21 bits per heavy atom. The van der Waals surface area contributed by atoms with Crippen LogP contribution >= 0.6 is 0 Å². The van der Waals surface area contributed by atoms with Crippen molar-refractivity contribution in [2.24, 2.45) is 0 Å². The maximum absolute atomic E-state index is 10.5. The molecule has 0 fully saturated rings. The van der Waals surface area contributed by atoms with Gasteiger partial charge in [0.25, 0.3) is 5.69 Å². The third kappa shape index (κ3) is 1.50. The summed E-state index contributed by atoms with van der Waals surface area (Å²) in [6.07, 6.45) is 1.54. The first-order valence-corrected chi connectivity index (χ1v) is 4.06. The number of hydrogen-bond acceptors (Lipinski definition) is 3. The number of nitrogens with zero attached hydrogens (tertiary/aromatic N) is 1. The third-order valence-corrected chi connectivity index (χ3v) is 1.86. The molecule has 0 bridgehead atoms. The second-order valence-electron chi connectivity index (χ2n) is 2.78. The van der Waals surface area contributed by atoms with Gasteiger partial charge in [-0.05, 0) is 12.1 Å². The van der Waals surface area contributed by atoms with Crippen molar-refractivity contribution < 1.29 is 9.34 Å². The second kappa shape index (κ2) is 3.33. The molecule has 1 heterocycles. The molecule has 0 radical (unpaired) electrons.